The zero-order valence-corrected chi connectivity index (χ0v) is 15.1. The molecular formula is C20H15F2N3O4. The fraction of sp³-hybridized carbons (Fsp3) is 0.250. The molecule has 0 radical (unpaired) electrons. The van der Waals surface area contributed by atoms with E-state index in [4.69, 9.17) is 14.0 Å². The molecule has 3 heterocycles. The van der Waals surface area contributed by atoms with Gasteiger partial charge in [-0.05, 0) is 35.9 Å². The van der Waals surface area contributed by atoms with E-state index in [-0.39, 0.29) is 31.6 Å². The van der Waals surface area contributed by atoms with Crippen molar-refractivity contribution in [1.82, 2.24) is 15.0 Å². The van der Waals surface area contributed by atoms with Gasteiger partial charge in [0.25, 0.3) is 5.89 Å². The summed E-state index contributed by atoms with van der Waals surface area (Å²) in [6.45, 7) is 0.636. The second-order valence-electron chi connectivity index (χ2n) is 6.98. The predicted octanol–water partition coefficient (Wildman–Crippen LogP) is 3.26. The Bertz CT molecular complexity index is 1080. The van der Waals surface area contributed by atoms with Gasteiger partial charge in [-0.3, -0.25) is 4.79 Å². The molecule has 0 spiro atoms. The summed E-state index contributed by atoms with van der Waals surface area (Å²) in [5, 5.41) is 4.02. The number of carbonyl (C=O) groups excluding carboxylic acids is 1. The number of aromatic nitrogens is 2. The zero-order valence-electron chi connectivity index (χ0n) is 15.1. The van der Waals surface area contributed by atoms with Crippen LogP contribution in [-0.4, -0.2) is 34.3 Å². The van der Waals surface area contributed by atoms with Gasteiger partial charge in [0, 0.05) is 37.1 Å². The summed E-state index contributed by atoms with van der Waals surface area (Å²) in [4.78, 5) is 18.3. The van der Waals surface area contributed by atoms with Gasteiger partial charge in [-0.15, -0.1) is 0 Å². The highest BCUT2D eigenvalue weighted by atomic mass is 19.1. The lowest BCUT2D eigenvalue weighted by atomic mass is 10.1. The Hall–Kier alpha value is -3.49. The van der Waals surface area contributed by atoms with Gasteiger partial charge in [0.05, 0.1) is 0 Å². The van der Waals surface area contributed by atoms with Crippen LogP contribution in [0.15, 0.2) is 40.9 Å². The van der Waals surface area contributed by atoms with E-state index in [0.717, 1.165) is 6.07 Å². The Kier molecular flexibility index (Phi) is 4.15. The normalized spacial score (nSPS) is 17.9. The smallest absolute Gasteiger partial charge is 0.258 e. The summed E-state index contributed by atoms with van der Waals surface area (Å²) in [6, 6.07) is 8.54. The van der Waals surface area contributed by atoms with E-state index >= 15 is 0 Å². The summed E-state index contributed by atoms with van der Waals surface area (Å²) in [5.41, 5.74) is 1.08. The first kappa shape index (κ1) is 17.6. The van der Waals surface area contributed by atoms with Crippen LogP contribution in [0.2, 0.25) is 0 Å². The fourth-order valence-corrected chi connectivity index (χ4v) is 3.57. The lowest BCUT2D eigenvalue weighted by Gasteiger charge is -2.16. The van der Waals surface area contributed by atoms with Crippen molar-refractivity contribution in [3.8, 4) is 23.0 Å². The molecule has 2 aliphatic heterocycles. The molecule has 9 heteroatoms. The third-order valence-corrected chi connectivity index (χ3v) is 4.94. The summed E-state index contributed by atoms with van der Waals surface area (Å²) in [7, 11) is 0. The van der Waals surface area contributed by atoms with Gasteiger partial charge in [-0.2, -0.15) is 4.98 Å². The van der Waals surface area contributed by atoms with Crippen LogP contribution in [0, 0.1) is 11.6 Å². The molecule has 0 bridgehead atoms. The van der Waals surface area contributed by atoms with Crippen molar-refractivity contribution >= 4 is 5.91 Å². The summed E-state index contributed by atoms with van der Waals surface area (Å²) in [6.07, 6.45) is 0.206. The molecule has 1 atom stereocenters. The summed E-state index contributed by atoms with van der Waals surface area (Å²) < 4.78 is 42.8. The molecule has 148 valence electrons. The SMILES string of the molecule is O=C1CC(c2noc(-c3ccc4c(c3)OCO4)n2)CN1Cc1cc(F)cc(F)c1. The van der Waals surface area contributed by atoms with E-state index in [1.807, 2.05) is 0 Å². The van der Waals surface area contributed by atoms with Gasteiger partial charge in [-0.1, -0.05) is 5.16 Å². The highest BCUT2D eigenvalue weighted by Crippen LogP contribution is 2.36. The lowest BCUT2D eigenvalue weighted by Crippen LogP contribution is -2.24. The maximum Gasteiger partial charge on any atom is 0.258 e. The molecule has 1 fully saturated rings. The van der Waals surface area contributed by atoms with Crippen LogP contribution in [0.3, 0.4) is 0 Å². The molecule has 0 N–H and O–H groups in total. The number of benzene rings is 2. The molecule has 0 aliphatic carbocycles. The maximum absolute atomic E-state index is 13.4. The average Bonchev–Trinajstić information content (AvgIpc) is 3.40. The summed E-state index contributed by atoms with van der Waals surface area (Å²) in [5.74, 6) is 0.257. The number of rotatable bonds is 4. The first-order chi connectivity index (χ1) is 14.0. The van der Waals surface area contributed by atoms with E-state index in [1.54, 1.807) is 18.2 Å². The number of carbonyl (C=O) groups is 1. The van der Waals surface area contributed by atoms with E-state index in [2.05, 4.69) is 10.1 Å². The van der Waals surface area contributed by atoms with Crippen LogP contribution in [0.4, 0.5) is 8.78 Å². The fourth-order valence-electron chi connectivity index (χ4n) is 3.57. The van der Waals surface area contributed by atoms with Gasteiger partial charge in [0.1, 0.15) is 11.6 Å². The molecule has 29 heavy (non-hydrogen) atoms. The number of amides is 1. The van der Waals surface area contributed by atoms with Gasteiger partial charge in [0.15, 0.2) is 17.3 Å². The van der Waals surface area contributed by atoms with Crippen LogP contribution in [-0.2, 0) is 11.3 Å². The molecule has 1 aromatic heterocycles. The minimum Gasteiger partial charge on any atom is -0.454 e. The Morgan fingerprint density at radius 1 is 1.07 bits per heavy atom. The molecule has 1 amide bonds. The zero-order chi connectivity index (χ0) is 20.0. The molecule has 3 aromatic rings. The van der Waals surface area contributed by atoms with Crippen molar-refractivity contribution in [1.29, 1.82) is 0 Å². The van der Waals surface area contributed by atoms with Crippen LogP contribution >= 0.6 is 0 Å². The van der Waals surface area contributed by atoms with Gasteiger partial charge >= 0.3 is 0 Å². The second-order valence-corrected chi connectivity index (χ2v) is 6.98. The molecule has 1 saturated heterocycles. The standard InChI is InChI=1S/C20H15F2N3O4/c21-14-3-11(4-15(22)7-14)8-25-9-13(6-18(25)26)19-23-20(29-24-19)12-1-2-16-17(5-12)28-10-27-16/h1-5,7,13H,6,8-10H2. The third-order valence-electron chi connectivity index (χ3n) is 4.94. The van der Waals surface area contributed by atoms with E-state index in [1.165, 1.54) is 17.0 Å². The molecule has 7 nitrogen and oxygen atoms in total. The second kappa shape index (κ2) is 6.84. The molecule has 0 saturated carbocycles. The van der Waals surface area contributed by atoms with Crippen molar-refractivity contribution in [3.63, 3.8) is 0 Å². The first-order valence-corrected chi connectivity index (χ1v) is 9.01. The Morgan fingerprint density at radius 2 is 1.86 bits per heavy atom. The quantitative estimate of drug-likeness (QED) is 0.670. The Morgan fingerprint density at radius 3 is 2.69 bits per heavy atom. The topological polar surface area (TPSA) is 77.7 Å². The van der Waals surface area contributed by atoms with Crippen molar-refractivity contribution in [3.05, 3.63) is 59.4 Å². The van der Waals surface area contributed by atoms with Crippen LogP contribution < -0.4 is 9.47 Å². The molecule has 5 rings (SSSR count). The van der Waals surface area contributed by atoms with Gasteiger partial charge < -0.3 is 18.9 Å². The largest absolute Gasteiger partial charge is 0.454 e. The Labute approximate surface area is 163 Å². The van der Waals surface area contributed by atoms with Crippen molar-refractivity contribution in [2.45, 2.75) is 18.9 Å². The summed E-state index contributed by atoms with van der Waals surface area (Å²) >= 11 is 0. The monoisotopic (exact) mass is 399 g/mol. The number of hydrogen-bond donors (Lipinski definition) is 0. The van der Waals surface area contributed by atoms with Crippen LogP contribution in [0.1, 0.15) is 23.7 Å². The minimum atomic E-state index is -0.672. The van der Waals surface area contributed by atoms with Gasteiger partial charge in [-0.25, -0.2) is 8.78 Å². The van der Waals surface area contributed by atoms with E-state index in [0.29, 0.717) is 40.9 Å². The molecule has 1 unspecified atom stereocenters. The van der Waals surface area contributed by atoms with Crippen molar-refractivity contribution in [2.75, 3.05) is 13.3 Å². The lowest BCUT2D eigenvalue weighted by molar-refractivity contribution is -0.128. The number of nitrogens with zero attached hydrogens (tertiary/aromatic N) is 3. The minimum absolute atomic E-state index is 0.122. The number of fused-ring (bicyclic) bond motifs is 1. The molecular weight excluding hydrogens is 384 g/mol. The molecule has 2 aliphatic rings. The number of likely N-dealkylation sites (tertiary alicyclic amines) is 1. The van der Waals surface area contributed by atoms with Crippen LogP contribution in [0.5, 0.6) is 11.5 Å². The highest BCUT2D eigenvalue weighted by molar-refractivity contribution is 5.79. The van der Waals surface area contributed by atoms with E-state index < -0.39 is 11.6 Å². The number of hydrogen-bond acceptors (Lipinski definition) is 6. The van der Waals surface area contributed by atoms with Crippen molar-refractivity contribution < 1.29 is 27.6 Å². The first-order valence-electron chi connectivity index (χ1n) is 9.01. The highest BCUT2D eigenvalue weighted by Gasteiger charge is 2.34. The number of halogens is 2. The van der Waals surface area contributed by atoms with Crippen molar-refractivity contribution in [2.24, 2.45) is 0 Å². The average molecular weight is 399 g/mol. The molecule has 2 aromatic carbocycles. The van der Waals surface area contributed by atoms with Gasteiger partial charge in [0.2, 0.25) is 12.7 Å². The maximum atomic E-state index is 13.4. The van der Waals surface area contributed by atoms with E-state index in [9.17, 15) is 13.6 Å². The predicted molar refractivity (Wildman–Crippen MR) is 95.0 cm³/mol. The Balaban J connectivity index is 1.31. The third kappa shape index (κ3) is 3.39. The van der Waals surface area contributed by atoms with Crippen LogP contribution in [0.25, 0.3) is 11.5 Å². The number of ether oxygens (including phenoxy) is 2.